The van der Waals surface area contributed by atoms with Gasteiger partial charge in [-0.05, 0) is 31.5 Å². The van der Waals surface area contributed by atoms with Crippen molar-refractivity contribution >= 4 is 23.4 Å². The fourth-order valence-corrected chi connectivity index (χ4v) is 3.90. The lowest BCUT2D eigenvalue weighted by molar-refractivity contribution is -0.384. The Morgan fingerprint density at radius 2 is 2.09 bits per heavy atom. The van der Waals surface area contributed by atoms with Gasteiger partial charge in [-0.3, -0.25) is 14.9 Å². The van der Waals surface area contributed by atoms with E-state index in [1.165, 1.54) is 12.1 Å². The van der Waals surface area contributed by atoms with Crippen molar-refractivity contribution < 1.29 is 14.2 Å². The molecule has 7 nitrogen and oxygen atoms in total. The Morgan fingerprint density at radius 1 is 1.39 bits per heavy atom. The standard InChI is InChI=1S/C15H15N3O4S/c1-9-13(10(2)22-16-9)14(19)17-7-8-23-15(17)11-3-5-12(6-4-11)18(20)21/h3-6,15H,7-8H2,1-2H3. The van der Waals surface area contributed by atoms with Crippen molar-refractivity contribution in [2.45, 2.75) is 19.2 Å². The summed E-state index contributed by atoms with van der Waals surface area (Å²) in [5.74, 6) is 1.21. The van der Waals surface area contributed by atoms with E-state index in [-0.39, 0.29) is 17.0 Å². The van der Waals surface area contributed by atoms with Crippen LogP contribution in [0.25, 0.3) is 0 Å². The maximum absolute atomic E-state index is 12.8. The number of non-ortho nitro benzene ring substituents is 1. The number of benzene rings is 1. The minimum Gasteiger partial charge on any atom is -0.361 e. The number of nitrogens with zero attached hydrogens (tertiary/aromatic N) is 3. The number of hydrogen-bond acceptors (Lipinski definition) is 6. The molecule has 1 saturated heterocycles. The lowest BCUT2D eigenvalue weighted by Crippen LogP contribution is -2.31. The topological polar surface area (TPSA) is 89.5 Å². The fraction of sp³-hybridized carbons (Fsp3) is 0.333. The maximum atomic E-state index is 12.8. The number of aromatic nitrogens is 1. The number of aryl methyl sites for hydroxylation is 2. The van der Waals surface area contributed by atoms with Gasteiger partial charge < -0.3 is 9.42 Å². The Labute approximate surface area is 136 Å². The summed E-state index contributed by atoms with van der Waals surface area (Å²) in [7, 11) is 0. The molecule has 8 heteroatoms. The molecule has 0 saturated carbocycles. The molecule has 1 aliphatic heterocycles. The van der Waals surface area contributed by atoms with Crippen LogP contribution in [-0.4, -0.2) is 33.2 Å². The molecule has 1 aromatic heterocycles. The highest BCUT2D eigenvalue weighted by Crippen LogP contribution is 2.39. The highest BCUT2D eigenvalue weighted by Gasteiger charge is 2.34. The lowest BCUT2D eigenvalue weighted by atomic mass is 10.1. The molecular formula is C15H15N3O4S. The molecule has 1 aliphatic rings. The normalized spacial score (nSPS) is 17.5. The quantitative estimate of drug-likeness (QED) is 0.633. The Bertz CT molecular complexity index is 737. The van der Waals surface area contributed by atoms with Crippen molar-refractivity contribution in [3.8, 4) is 0 Å². The van der Waals surface area contributed by atoms with Crippen LogP contribution in [0.1, 0.15) is 32.7 Å². The summed E-state index contributed by atoms with van der Waals surface area (Å²) in [5.41, 5.74) is 1.99. The number of carbonyl (C=O) groups is 1. The van der Waals surface area contributed by atoms with Gasteiger partial charge in [-0.25, -0.2) is 0 Å². The summed E-state index contributed by atoms with van der Waals surface area (Å²) in [6.07, 6.45) is 0. The zero-order chi connectivity index (χ0) is 16.6. The van der Waals surface area contributed by atoms with Gasteiger partial charge in [-0.1, -0.05) is 5.16 Å². The summed E-state index contributed by atoms with van der Waals surface area (Å²) >= 11 is 1.64. The van der Waals surface area contributed by atoms with Crippen molar-refractivity contribution in [2.75, 3.05) is 12.3 Å². The molecule has 1 fully saturated rings. The summed E-state index contributed by atoms with van der Waals surface area (Å²) in [6.45, 7) is 4.08. The first kappa shape index (κ1) is 15.5. The summed E-state index contributed by atoms with van der Waals surface area (Å²) in [6, 6.07) is 6.34. The van der Waals surface area contributed by atoms with Gasteiger partial charge in [0.15, 0.2) is 0 Å². The van der Waals surface area contributed by atoms with Gasteiger partial charge in [-0.15, -0.1) is 11.8 Å². The maximum Gasteiger partial charge on any atom is 0.269 e. The van der Waals surface area contributed by atoms with Gasteiger partial charge in [0.2, 0.25) is 0 Å². The van der Waals surface area contributed by atoms with E-state index in [4.69, 9.17) is 4.52 Å². The van der Waals surface area contributed by atoms with Crippen LogP contribution in [0.2, 0.25) is 0 Å². The molecule has 0 N–H and O–H groups in total. The van der Waals surface area contributed by atoms with Crippen LogP contribution in [-0.2, 0) is 0 Å². The molecule has 3 rings (SSSR count). The average Bonchev–Trinajstić information content (AvgIpc) is 3.14. The molecule has 23 heavy (non-hydrogen) atoms. The van der Waals surface area contributed by atoms with Crippen molar-refractivity contribution in [3.63, 3.8) is 0 Å². The van der Waals surface area contributed by atoms with E-state index < -0.39 is 4.92 Å². The van der Waals surface area contributed by atoms with Crippen LogP contribution in [0.15, 0.2) is 28.8 Å². The van der Waals surface area contributed by atoms with Crippen molar-refractivity contribution in [1.29, 1.82) is 0 Å². The van der Waals surface area contributed by atoms with Gasteiger partial charge >= 0.3 is 0 Å². The van der Waals surface area contributed by atoms with Crippen molar-refractivity contribution in [1.82, 2.24) is 10.1 Å². The van der Waals surface area contributed by atoms with Crippen LogP contribution in [0.5, 0.6) is 0 Å². The second-order valence-corrected chi connectivity index (χ2v) is 6.46. The SMILES string of the molecule is Cc1noc(C)c1C(=O)N1CCSC1c1ccc([N+](=O)[O-])cc1. The van der Waals surface area contributed by atoms with Crippen LogP contribution in [0.3, 0.4) is 0 Å². The van der Waals surface area contributed by atoms with Crippen LogP contribution in [0, 0.1) is 24.0 Å². The summed E-state index contributed by atoms with van der Waals surface area (Å²) in [5, 5.41) is 14.4. The van der Waals surface area contributed by atoms with E-state index in [9.17, 15) is 14.9 Å². The number of rotatable bonds is 3. The highest BCUT2D eigenvalue weighted by atomic mass is 32.2. The first-order valence-corrected chi connectivity index (χ1v) is 8.13. The zero-order valence-electron chi connectivity index (χ0n) is 12.7. The Morgan fingerprint density at radius 3 is 2.65 bits per heavy atom. The first-order chi connectivity index (χ1) is 11.0. The minimum absolute atomic E-state index is 0.0420. The third-order valence-corrected chi connectivity index (χ3v) is 5.05. The average molecular weight is 333 g/mol. The van der Waals surface area contributed by atoms with E-state index in [1.807, 2.05) is 0 Å². The van der Waals surface area contributed by atoms with Crippen molar-refractivity contribution in [3.05, 3.63) is 57.0 Å². The first-order valence-electron chi connectivity index (χ1n) is 7.09. The number of thioether (sulfide) groups is 1. The fourth-order valence-electron chi connectivity index (χ4n) is 2.65. The molecule has 1 amide bonds. The molecule has 0 spiro atoms. The Kier molecular flexibility index (Phi) is 4.08. The molecule has 2 heterocycles. The smallest absolute Gasteiger partial charge is 0.269 e. The third kappa shape index (κ3) is 2.81. The van der Waals surface area contributed by atoms with E-state index >= 15 is 0 Å². The van der Waals surface area contributed by atoms with Crippen LogP contribution >= 0.6 is 11.8 Å². The lowest BCUT2D eigenvalue weighted by Gasteiger charge is -2.24. The molecule has 2 aromatic rings. The third-order valence-electron chi connectivity index (χ3n) is 3.79. The Balaban J connectivity index is 1.88. The predicted octanol–water partition coefficient (Wildman–Crippen LogP) is 3.09. The highest BCUT2D eigenvalue weighted by molar-refractivity contribution is 7.99. The number of carbonyl (C=O) groups excluding carboxylic acids is 1. The molecule has 1 atom stereocenters. The number of nitro groups is 1. The summed E-state index contributed by atoms with van der Waals surface area (Å²) in [4.78, 5) is 24.9. The monoisotopic (exact) mass is 333 g/mol. The molecular weight excluding hydrogens is 318 g/mol. The van der Waals surface area contributed by atoms with E-state index in [1.54, 1.807) is 42.6 Å². The molecule has 0 radical (unpaired) electrons. The molecule has 120 valence electrons. The molecule has 0 bridgehead atoms. The number of amides is 1. The van der Waals surface area contributed by atoms with Crippen molar-refractivity contribution in [2.24, 2.45) is 0 Å². The largest absolute Gasteiger partial charge is 0.361 e. The second kappa shape index (κ2) is 6.04. The number of hydrogen-bond donors (Lipinski definition) is 0. The predicted molar refractivity (Wildman–Crippen MR) is 85.3 cm³/mol. The van der Waals surface area contributed by atoms with E-state index in [0.717, 1.165) is 11.3 Å². The zero-order valence-corrected chi connectivity index (χ0v) is 13.5. The van der Waals surface area contributed by atoms with Gasteiger partial charge in [0.1, 0.15) is 16.7 Å². The van der Waals surface area contributed by atoms with Crippen LogP contribution in [0.4, 0.5) is 5.69 Å². The van der Waals surface area contributed by atoms with Gasteiger partial charge in [0, 0.05) is 24.4 Å². The van der Waals surface area contributed by atoms with Gasteiger partial charge in [0.05, 0.1) is 10.6 Å². The molecule has 1 unspecified atom stereocenters. The van der Waals surface area contributed by atoms with E-state index in [2.05, 4.69) is 5.16 Å². The minimum atomic E-state index is -0.432. The summed E-state index contributed by atoms with van der Waals surface area (Å²) < 4.78 is 5.08. The second-order valence-electron chi connectivity index (χ2n) is 5.27. The van der Waals surface area contributed by atoms with Gasteiger partial charge in [-0.2, -0.15) is 0 Å². The molecule has 0 aliphatic carbocycles. The van der Waals surface area contributed by atoms with E-state index in [0.29, 0.717) is 23.6 Å². The Hall–Kier alpha value is -2.35. The molecule has 1 aromatic carbocycles. The van der Waals surface area contributed by atoms with Crippen LogP contribution < -0.4 is 0 Å². The van der Waals surface area contributed by atoms with Gasteiger partial charge in [0.25, 0.3) is 11.6 Å². The number of nitro benzene ring substituents is 1.